The lowest BCUT2D eigenvalue weighted by molar-refractivity contribution is 0.0430. The Labute approximate surface area is 127 Å². The van der Waals surface area contributed by atoms with Gasteiger partial charge in [-0.1, -0.05) is 0 Å². The number of nitrogens with zero attached hydrogens (tertiary/aromatic N) is 2. The molecule has 3 heterocycles. The van der Waals surface area contributed by atoms with Crippen molar-refractivity contribution in [2.45, 2.75) is 18.9 Å². The quantitative estimate of drug-likeness (QED) is 0.910. The predicted octanol–water partition coefficient (Wildman–Crippen LogP) is 1.71. The van der Waals surface area contributed by atoms with Crippen molar-refractivity contribution in [3.05, 3.63) is 22.4 Å². The number of carbonyl (C=O) groups excluding carboxylic acids is 1. The average Bonchev–Trinajstić information content (AvgIpc) is 3.10. The highest BCUT2D eigenvalue weighted by atomic mass is 79.9. The zero-order chi connectivity index (χ0) is 13.9. The van der Waals surface area contributed by atoms with Crippen molar-refractivity contribution in [2.24, 2.45) is 0 Å². The summed E-state index contributed by atoms with van der Waals surface area (Å²) in [6.45, 7) is 5.38. The van der Waals surface area contributed by atoms with Gasteiger partial charge in [0.15, 0.2) is 0 Å². The van der Waals surface area contributed by atoms with Crippen LogP contribution in [0.4, 0.5) is 0 Å². The summed E-state index contributed by atoms with van der Waals surface area (Å²) in [5.74, 6) is 0.0902. The minimum Gasteiger partial charge on any atom is -0.377 e. The van der Waals surface area contributed by atoms with Gasteiger partial charge in [-0.15, -0.1) is 0 Å². The van der Waals surface area contributed by atoms with E-state index in [-0.39, 0.29) is 5.91 Å². The summed E-state index contributed by atoms with van der Waals surface area (Å²) in [6.07, 6.45) is 4.55. The fourth-order valence-corrected chi connectivity index (χ4v) is 3.21. The molecular weight excluding hydrogens is 322 g/mol. The van der Waals surface area contributed by atoms with Gasteiger partial charge in [0.05, 0.1) is 6.10 Å². The van der Waals surface area contributed by atoms with Crippen LogP contribution in [0.1, 0.15) is 23.3 Å². The van der Waals surface area contributed by atoms with Crippen molar-refractivity contribution in [2.75, 3.05) is 39.3 Å². The SMILES string of the molecule is O=C(c1cc(Br)c[nH]1)N1CCN(CC2CCCO2)CC1. The summed E-state index contributed by atoms with van der Waals surface area (Å²) >= 11 is 3.36. The number of H-pyrrole nitrogens is 1. The van der Waals surface area contributed by atoms with E-state index in [0.29, 0.717) is 11.8 Å². The molecule has 0 bridgehead atoms. The van der Waals surface area contributed by atoms with Gasteiger partial charge in [0, 0.05) is 50.0 Å². The monoisotopic (exact) mass is 341 g/mol. The van der Waals surface area contributed by atoms with Gasteiger partial charge in [0.1, 0.15) is 5.69 Å². The van der Waals surface area contributed by atoms with Crippen molar-refractivity contribution in [3.8, 4) is 0 Å². The van der Waals surface area contributed by atoms with Crippen LogP contribution in [0.2, 0.25) is 0 Å². The van der Waals surface area contributed by atoms with Crippen LogP contribution in [0.3, 0.4) is 0 Å². The van der Waals surface area contributed by atoms with Crippen molar-refractivity contribution in [3.63, 3.8) is 0 Å². The highest BCUT2D eigenvalue weighted by molar-refractivity contribution is 9.10. The molecule has 0 spiro atoms. The van der Waals surface area contributed by atoms with Crippen LogP contribution < -0.4 is 0 Å². The molecule has 2 fully saturated rings. The first-order valence-corrected chi connectivity index (χ1v) is 7.99. The van der Waals surface area contributed by atoms with E-state index in [4.69, 9.17) is 4.74 Å². The minimum atomic E-state index is 0.0902. The maximum Gasteiger partial charge on any atom is 0.270 e. The molecule has 1 aromatic heterocycles. The summed E-state index contributed by atoms with van der Waals surface area (Å²) < 4.78 is 6.58. The third-order valence-electron chi connectivity index (χ3n) is 4.02. The van der Waals surface area contributed by atoms with Crippen LogP contribution in [0, 0.1) is 0 Å². The normalized spacial score (nSPS) is 24.2. The fourth-order valence-electron chi connectivity index (χ4n) is 2.87. The Balaban J connectivity index is 1.49. The molecule has 5 nitrogen and oxygen atoms in total. The number of carbonyl (C=O) groups is 1. The van der Waals surface area contributed by atoms with Crippen molar-refractivity contribution >= 4 is 21.8 Å². The van der Waals surface area contributed by atoms with E-state index in [1.807, 2.05) is 11.0 Å². The standard InChI is InChI=1S/C14H20BrN3O2/c15-11-8-13(16-9-11)14(19)18-5-3-17(4-6-18)10-12-2-1-7-20-12/h8-9,12,16H,1-7,10H2. The van der Waals surface area contributed by atoms with Gasteiger partial charge < -0.3 is 14.6 Å². The first-order valence-electron chi connectivity index (χ1n) is 7.19. The Bertz CT molecular complexity index is 463. The van der Waals surface area contributed by atoms with Crippen molar-refractivity contribution in [1.29, 1.82) is 0 Å². The van der Waals surface area contributed by atoms with E-state index in [2.05, 4.69) is 25.8 Å². The van der Waals surface area contributed by atoms with E-state index in [0.717, 1.165) is 43.8 Å². The molecule has 2 aliphatic heterocycles. The molecule has 1 atom stereocenters. The number of hydrogen-bond donors (Lipinski definition) is 1. The Kier molecular flexibility index (Phi) is 4.43. The summed E-state index contributed by atoms with van der Waals surface area (Å²) in [5, 5.41) is 0. The van der Waals surface area contributed by atoms with Gasteiger partial charge in [-0.25, -0.2) is 0 Å². The second-order valence-electron chi connectivity index (χ2n) is 5.46. The number of halogens is 1. The highest BCUT2D eigenvalue weighted by Crippen LogP contribution is 2.16. The molecule has 1 unspecified atom stereocenters. The second-order valence-corrected chi connectivity index (χ2v) is 6.38. The first kappa shape index (κ1) is 14.1. The van der Waals surface area contributed by atoms with E-state index in [9.17, 15) is 4.79 Å². The number of amides is 1. The lowest BCUT2D eigenvalue weighted by Crippen LogP contribution is -2.50. The van der Waals surface area contributed by atoms with Crippen LogP contribution >= 0.6 is 15.9 Å². The van der Waals surface area contributed by atoms with Crippen LogP contribution in [0.5, 0.6) is 0 Å². The van der Waals surface area contributed by atoms with E-state index in [1.165, 1.54) is 12.8 Å². The largest absolute Gasteiger partial charge is 0.377 e. The summed E-state index contributed by atoms with van der Waals surface area (Å²) in [5.41, 5.74) is 0.657. The zero-order valence-corrected chi connectivity index (χ0v) is 13.1. The van der Waals surface area contributed by atoms with Gasteiger partial charge in [-0.3, -0.25) is 9.69 Å². The molecular formula is C14H20BrN3O2. The van der Waals surface area contributed by atoms with Crippen LogP contribution in [0.15, 0.2) is 16.7 Å². The van der Waals surface area contributed by atoms with Crippen molar-refractivity contribution < 1.29 is 9.53 Å². The van der Waals surface area contributed by atoms with Gasteiger partial charge in [-0.2, -0.15) is 0 Å². The van der Waals surface area contributed by atoms with Crippen molar-refractivity contribution in [1.82, 2.24) is 14.8 Å². The number of nitrogens with one attached hydrogen (secondary N) is 1. The molecule has 0 saturated carbocycles. The van der Waals surface area contributed by atoms with Gasteiger partial charge in [-0.05, 0) is 34.8 Å². The van der Waals surface area contributed by atoms with Gasteiger partial charge in [0.2, 0.25) is 0 Å². The lowest BCUT2D eigenvalue weighted by Gasteiger charge is -2.35. The molecule has 0 radical (unpaired) electrons. The molecule has 2 aliphatic rings. The molecule has 0 aromatic carbocycles. The Morgan fingerprint density at radius 1 is 1.40 bits per heavy atom. The highest BCUT2D eigenvalue weighted by Gasteiger charge is 2.25. The molecule has 1 amide bonds. The number of hydrogen-bond acceptors (Lipinski definition) is 3. The van der Waals surface area contributed by atoms with Crippen LogP contribution in [0.25, 0.3) is 0 Å². The average molecular weight is 342 g/mol. The molecule has 20 heavy (non-hydrogen) atoms. The Hall–Kier alpha value is -0.850. The van der Waals surface area contributed by atoms with Crippen LogP contribution in [-0.4, -0.2) is 66.1 Å². The number of ether oxygens (including phenoxy) is 1. The third-order valence-corrected chi connectivity index (χ3v) is 4.48. The van der Waals surface area contributed by atoms with E-state index in [1.54, 1.807) is 6.20 Å². The minimum absolute atomic E-state index is 0.0902. The van der Waals surface area contributed by atoms with Crippen LogP contribution in [-0.2, 0) is 4.74 Å². The lowest BCUT2D eigenvalue weighted by atomic mass is 10.2. The summed E-state index contributed by atoms with van der Waals surface area (Å²) in [6, 6.07) is 1.83. The molecule has 0 aliphatic carbocycles. The number of aromatic nitrogens is 1. The molecule has 110 valence electrons. The predicted molar refractivity (Wildman–Crippen MR) is 79.8 cm³/mol. The first-order chi connectivity index (χ1) is 9.72. The second kappa shape index (κ2) is 6.28. The fraction of sp³-hybridized carbons (Fsp3) is 0.643. The molecule has 3 rings (SSSR count). The Morgan fingerprint density at radius 3 is 2.80 bits per heavy atom. The maximum atomic E-state index is 12.3. The molecule has 2 saturated heterocycles. The van der Waals surface area contributed by atoms with E-state index >= 15 is 0 Å². The zero-order valence-electron chi connectivity index (χ0n) is 11.5. The number of aromatic amines is 1. The molecule has 1 N–H and O–H groups in total. The van der Waals surface area contributed by atoms with Gasteiger partial charge >= 0.3 is 0 Å². The third kappa shape index (κ3) is 3.24. The summed E-state index contributed by atoms with van der Waals surface area (Å²) in [4.78, 5) is 19.6. The van der Waals surface area contributed by atoms with E-state index < -0.39 is 0 Å². The maximum absolute atomic E-state index is 12.3. The Morgan fingerprint density at radius 2 is 2.20 bits per heavy atom. The van der Waals surface area contributed by atoms with Gasteiger partial charge in [0.25, 0.3) is 5.91 Å². The summed E-state index contributed by atoms with van der Waals surface area (Å²) in [7, 11) is 0. The molecule has 6 heteroatoms. The number of piperazine rings is 1. The topological polar surface area (TPSA) is 48.6 Å². The molecule has 1 aromatic rings. The number of rotatable bonds is 3. The smallest absolute Gasteiger partial charge is 0.270 e.